The number of aliphatic hydroxyl groups is 1. The van der Waals surface area contributed by atoms with Crippen LogP contribution in [0.25, 0.3) is 0 Å². The first kappa shape index (κ1) is 42.4. The van der Waals surface area contributed by atoms with Crippen molar-refractivity contribution in [3.63, 3.8) is 0 Å². The molecule has 4 rings (SSSR count). The lowest BCUT2D eigenvalue weighted by Gasteiger charge is -2.54. The molecule has 2 aromatic carbocycles. The summed E-state index contributed by atoms with van der Waals surface area (Å²) in [5, 5.41) is 14.7. The van der Waals surface area contributed by atoms with E-state index in [2.05, 4.69) is 33.0 Å². The van der Waals surface area contributed by atoms with Crippen molar-refractivity contribution in [2.24, 2.45) is 0 Å². The number of para-hydroxylation sites is 1. The molecular weight excluding hydrogens is 719 g/mol. The molecule has 5 atom stereocenters. The Balaban J connectivity index is 1.71. The van der Waals surface area contributed by atoms with Crippen LogP contribution in [0, 0.1) is 0 Å². The lowest BCUT2D eigenvalue weighted by atomic mass is 9.99. The van der Waals surface area contributed by atoms with Crippen molar-refractivity contribution >= 4 is 41.0 Å². The van der Waals surface area contributed by atoms with Crippen LogP contribution in [-0.2, 0) is 43.3 Å². The van der Waals surface area contributed by atoms with E-state index in [1.807, 2.05) is 33.8 Å². The molecule has 0 aromatic heterocycles. The Labute approximate surface area is 315 Å². The van der Waals surface area contributed by atoms with Crippen molar-refractivity contribution in [2.75, 3.05) is 11.9 Å². The highest BCUT2D eigenvalue weighted by Gasteiger charge is 2.62. The van der Waals surface area contributed by atoms with Gasteiger partial charge in [-0.2, -0.15) is 0 Å². The summed E-state index contributed by atoms with van der Waals surface area (Å²) < 4.78 is 49.9. The molecule has 0 saturated carbocycles. The molecule has 0 radical (unpaired) electrons. The smallest absolute Gasteiger partial charge is 0.444 e. The van der Waals surface area contributed by atoms with E-state index >= 15 is 0 Å². The first-order valence-electron chi connectivity index (χ1n) is 18.3. The van der Waals surface area contributed by atoms with E-state index in [1.165, 1.54) is 12.1 Å². The predicted molar refractivity (Wildman–Crippen MR) is 202 cm³/mol. The number of fused-ring (bicyclic) bond motifs is 1. The van der Waals surface area contributed by atoms with E-state index in [0.29, 0.717) is 5.56 Å². The van der Waals surface area contributed by atoms with Gasteiger partial charge in [0, 0.05) is 0 Å². The SMILES string of the molecule is CC(C)[Si]1(C(C)C)OC[C@H]2O[C@@H](OC(=O)c3ccccc3NC(=O)OC(C)(C)C)[C@H](OC(=O)OCc3ccccc3)[C@@H](O)[C@@H]2O[Si](C(C)C)(C(C)C)O1. The van der Waals surface area contributed by atoms with Gasteiger partial charge in [-0.3, -0.25) is 5.32 Å². The number of anilines is 1. The second-order valence-electron chi connectivity index (χ2n) is 15.8. The van der Waals surface area contributed by atoms with Crippen LogP contribution in [0.4, 0.5) is 15.3 Å². The van der Waals surface area contributed by atoms with E-state index in [0.717, 1.165) is 0 Å². The number of esters is 1. The molecule has 2 N–H and O–H groups in total. The molecule has 2 aliphatic heterocycles. The van der Waals surface area contributed by atoms with Gasteiger partial charge < -0.3 is 41.8 Å². The highest BCUT2D eigenvalue weighted by Crippen LogP contribution is 2.47. The summed E-state index contributed by atoms with van der Waals surface area (Å²) in [4.78, 5) is 39.7. The monoisotopic (exact) mass is 775 g/mol. The molecule has 294 valence electrons. The summed E-state index contributed by atoms with van der Waals surface area (Å²) in [6, 6.07) is 15.2. The van der Waals surface area contributed by atoms with Gasteiger partial charge in [-0.25, -0.2) is 14.4 Å². The van der Waals surface area contributed by atoms with Crippen LogP contribution in [0.2, 0.25) is 22.2 Å². The molecule has 2 aromatic rings. The number of hydrogen-bond acceptors (Lipinski definition) is 12. The van der Waals surface area contributed by atoms with Crippen LogP contribution in [0.5, 0.6) is 0 Å². The second-order valence-corrected chi connectivity index (χ2v) is 24.6. The number of aliphatic hydroxyl groups excluding tert-OH is 1. The van der Waals surface area contributed by atoms with Crippen molar-refractivity contribution in [1.82, 2.24) is 0 Å². The Kier molecular flexibility index (Phi) is 14.0. The maximum absolute atomic E-state index is 13.9. The Morgan fingerprint density at radius 2 is 1.43 bits per heavy atom. The van der Waals surface area contributed by atoms with E-state index in [4.69, 9.17) is 36.7 Å². The van der Waals surface area contributed by atoms with Gasteiger partial charge in [-0.05, 0) is 60.6 Å². The fourth-order valence-electron chi connectivity index (χ4n) is 6.75. The third-order valence-electron chi connectivity index (χ3n) is 9.39. The average Bonchev–Trinajstić information content (AvgIpc) is 3.06. The van der Waals surface area contributed by atoms with Crippen molar-refractivity contribution < 1.29 is 56.1 Å². The quantitative estimate of drug-likeness (QED) is 0.137. The minimum atomic E-state index is -3.24. The molecular formula is C38H57NO12Si2. The van der Waals surface area contributed by atoms with Crippen LogP contribution in [0.1, 0.15) is 92.1 Å². The zero-order valence-electron chi connectivity index (χ0n) is 32.7. The number of amides is 1. The topological polar surface area (TPSA) is 157 Å². The van der Waals surface area contributed by atoms with Crippen molar-refractivity contribution in [2.45, 2.75) is 141 Å². The van der Waals surface area contributed by atoms with Crippen LogP contribution in [0.3, 0.4) is 0 Å². The number of rotatable bonds is 10. The number of carbonyl (C=O) groups is 3. The number of hydrogen-bond donors (Lipinski definition) is 2. The first-order valence-corrected chi connectivity index (χ1v) is 22.3. The number of benzene rings is 2. The summed E-state index contributed by atoms with van der Waals surface area (Å²) in [7, 11) is -6.24. The summed E-state index contributed by atoms with van der Waals surface area (Å²) in [6.07, 6.45) is -8.70. The van der Waals surface area contributed by atoms with Gasteiger partial charge >= 0.3 is 35.3 Å². The summed E-state index contributed by atoms with van der Waals surface area (Å²) in [5.41, 5.74) is -0.0394. The summed E-state index contributed by atoms with van der Waals surface area (Å²) in [5.74, 6) is -0.921. The molecule has 2 saturated heterocycles. The number of carbonyl (C=O) groups excluding carboxylic acids is 3. The van der Waals surface area contributed by atoms with Crippen LogP contribution >= 0.6 is 0 Å². The van der Waals surface area contributed by atoms with Crippen LogP contribution in [-0.4, -0.2) is 83.4 Å². The molecule has 0 unspecified atom stereocenters. The number of nitrogens with one attached hydrogen (secondary N) is 1. The normalized spacial score (nSPS) is 24.2. The van der Waals surface area contributed by atoms with Crippen molar-refractivity contribution in [1.29, 1.82) is 0 Å². The molecule has 2 heterocycles. The maximum Gasteiger partial charge on any atom is 0.509 e. The Morgan fingerprint density at radius 1 is 0.849 bits per heavy atom. The molecule has 15 heteroatoms. The third kappa shape index (κ3) is 10.1. The predicted octanol–water partition coefficient (Wildman–Crippen LogP) is 7.95. The molecule has 0 bridgehead atoms. The Morgan fingerprint density at radius 3 is 2.02 bits per heavy atom. The Bertz CT molecular complexity index is 1530. The van der Waals surface area contributed by atoms with Crippen molar-refractivity contribution in [3.05, 3.63) is 65.7 Å². The van der Waals surface area contributed by atoms with Crippen LogP contribution in [0.15, 0.2) is 54.6 Å². The molecule has 2 aliphatic rings. The second kappa shape index (κ2) is 17.4. The zero-order valence-corrected chi connectivity index (χ0v) is 34.7. The minimum Gasteiger partial charge on any atom is -0.444 e. The maximum atomic E-state index is 13.9. The Hall–Kier alpha value is -3.32. The first-order chi connectivity index (χ1) is 24.8. The minimum absolute atomic E-state index is 0.0281. The van der Waals surface area contributed by atoms with Gasteiger partial charge in [0.1, 0.15) is 30.5 Å². The van der Waals surface area contributed by atoms with E-state index in [-0.39, 0.29) is 46.6 Å². The van der Waals surface area contributed by atoms with Gasteiger partial charge in [0.15, 0.2) is 6.10 Å². The molecule has 1 amide bonds. The highest BCUT2D eigenvalue weighted by atomic mass is 28.5. The summed E-state index contributed by atoms with van der Waals surface area (Å²) >= 11 is 0. The van der Waals surface area contributed by atoms with Gasteiger partial charge in [-0.15, -0.1) is 0 Å². The molecule has 53 heavy (non-hydrogen) atoms. The standard InChI is InChI=1S/C38H57NO12Si2/c1-23(2)52(24(3)4)45-22-30-32(50-53(51-52,25(5)6)26(7)8)31(40)33(47-37(43)44-21-27-17-13-12-14-18-27)35(46-30)48-34(41)28-19-15-16-20-29(28)39-36(42)49-38(9,10)11/h12-20,23-26,30-33,35,40H,21-22H2,1-11H3,(H,39,42)/t30-,31+,32-,33-,35+/m1/s1. The number of ether oxygens (including phenoxy) is 5. The van der Waals surface area contributed by atoms with Gasteiger partial charge in [0.05, 0.1) is 17.9 Å². The van der Waals surface area contributed by atoms with Gasteiger partial charge in [0.2, 0.25) is 6.29 Å². The van der Waals surface area contributed by atoms with E-state index < -0.39 is 71.6 Å². The van der Waals surface area contributed by atoms with Crippen molar-refractivity contribution in [3.8, 4) is 0 Å². The zero-order chi connectivity index (χ0) is 39.3. The van der Waals surface area contributed by atoms with Crippen LogP contribution < -0.4 is 5.32 Å². The van der Waals surface area contributed by atoms with Gasteiger partial charge in [-0.1, -0.05) is 97.9 Å². The molecule has 13 nitrogen and oxygen atoms in total. The van der Waals surface area contributed by atoms with E-state index in [9.17, 15) is 19.5 Å². The summed E-state index contributed by atoms with van der Waals surface area (Å²) in [6.45, 7) is 21.5. The fourth-order valence-corrected chi connectivity index (χ4v) is 18.0. The molecule has 0 aliphatic carbocycles. The fraction of sp³-hybridized carbons (Fsp3) is 0.605. The third-order valence-corrected chi connectivity index (χ3v) is 19.6. The lowest BCUT2D eigenvalue weighted by molar-refractivity contribution is -0.287. The van der Waals surface area contributed by atoms with Gasteiger partial charge in [0.25, 0.3) is 0 Å². The highest BCUT2D eigenvalue weighted by molar-refractivity contribution is 6.84. The molecule has 0 spiro atoms. The largest absolute Gasteiger partial charge is 0.509 e. The van der Waals surface area contributed by atoms with E-state index in [1.54, 1.807) is 57.2 Å². The lowest BCUT2D eigenvalue weighted by Crippen LogP contribution is -2.70. The molecule has 2 fully saturated rings. The average molecular weight is 776 g/mol.